The lowest BCUT2D eigenvalue weighted by atomic mass is 9.95. The highest BCUT2D eigenvalue weighted by molar-refractivity contribution is 9.10. The van der Waals surface area contributed by atoms with Gasteiger partial charge in [0.2, 0.25) is 0 Å². The average Bonchev–Trinajstić information content (AvgIpc) is 3.30. The number of hydrogen-bond donors (Lipinski definition) is 0. The molecule has 0 aliphatic carbocycles. The minimum Gasteiger partial charge on any atom is -0.493 e. The number of methoxy groups -OCH3 is 2. The first kappa shape index (κ1) is 30.8. The molecule has 0 fully saturated rings. The van der Waals surface area contributed by atoms with Gasteiger partial charge in [0, 0.05) is 4.47 Å². The highest BCUT2D eigenvalue weighted by Gasteiger charge is 2.35. The monoisotopic (exact) mass is 726 g/mol. The number of aromatic nitrogens is 1. The molecule has 4 aromatic rings. The summed E-state index contributed by atoms with van der Waals surface area (Å²) in [6.45, 7) is 4.10. The third kappa shape index (κ3) is 6.34. The first-order valence-corrected chi connectivity index (χ1v) is 15.7. The van der Waals surface area contributed by atoms with E-state index in [4.69, 9.17) is 18.9 Å². The summed E-state index contributed by atoms with van der Waals surface area (Å²) in [5.41, 5.74) is 2.95. The van der Waals surface area contributed by atoms with E-state index >= 15 is 0 Å². The Morgan fingerprint density at radius 1 is 1.00 bits per heavy atom. The van der Waals surface area contributed by atoms with Crippen LogP contribution in [0.2, 0.25) is 0 Å². The molecule has 0 radical (unpaired) electrons. The second kappa shape index (κ2) is 13.3. The van der Waals surface area contributed by atoms with Gasteiger partial charge in [0.25, 0.3) is 5.56 Å². The Bertz CT molecular complexity index is 1900. The van der Waals surface area contributed by atoms with Crippen molar-refractivity contribution in [3.05, 3.63) is 117 Å². The molecule has 0 amide bonds. The molecule has 1 atom stereocenters. The lowest BCUT2D eigenvalue weighted by molar-refractivity contribution is -0.139. The maximum Gasteiger partial charge on any atom is 0.338 e. The van der Waals surface area contributed by atoms with E-state index in [1.165, 1.54) is 23.0 Å². The number of fused-ring (bicyclic) bond motifs is 1. The Balaban J connectivity index is 1.59. The van der Waals surface area contributed by atoms with E-state index < -0.39 is 12.0 Å². The van der Waals surface area contributed by atoms with Crippen LogP contribution in [0.5, 0.6) is 17.2 Å². The molecule has 0 saturated heterocycles. The van der Waals surface area contributed by atoms with Crippen molar-refractivity contribution in [3.63, 3.8) is 0 Å². The molecule has 3 aromatic carbocycles. The molecule has 0 saturated carbocycles. The topological polar surface area (TPSA) is 88.4 Å². The van der Waals surface area contributed by atoms with Crippen LogP contribution >= 0.6 is 43.2 Å². The van der Waals surface area contributed by atoms with Crippen LogP contribution in [0.4, 0.5) is 0 Å². The lowest BCUT2D eigenvalue weighted by Gasteiger charge is -2.26. The third-order valence-electron chi connectivity index (χ3n) is 6.81. The molecule has 43 heavy (non-hydrogen) atoms. The Labute approximate surface area is 269 Å². The zero-order valence-corrected chi connectivity index (χ0v) is 27.8. The molecular weight excluding hydrogens is 700 g/mol. The van der Waals surface area contributed by atoms with Crippen molar-refractivity contribution in [3.8, 4) is 17.2 Å². The number of allylic oxidation sites excluding steroid dienone is 1. The van der Waals surface area contributed by atoms with Crippen LogP contribution < -0.4 is 29.1 Å². The van der Waals surface area contributed by atoms with Crippen LogP contribution in [-0.4, -0.2) is 31.4 Å². The first-order chi connectivity index (χ1) is 20.7. The van der Waals surface area contributed by atoms with Gasteiger partial charge in [-0.05, 0) is 76.8 Å². The van der Waals surface area contributed by atoms with Gasteiger partial charge in [-0.1, -0.05) is 63.7 Å². The van der Waals surface area contributed by atoms with E-state index in [0.717, 1.165) is 15.6 Å². The molecule has 0 spiro atoms. The predicted molar refractivity (Wildman–Crippen MR) is 173 cm³/mol. The van der Waals surface area contributed by atoms with Gasteiger partial charge < -0.3 is 18.9 Å². The van der Waals surface area contributed by atoms with Gasteiger partial charge in [0.15, 0.2) is 16.3 Å². The number of nitrogens with zero attached hydrogens (tertiary/aromatic N) is 2. The quantitative estimate of drug-likeness (QED) is 0.199. The summed E-state index contributed by atoms with van der Waals surface area (Å²) < 4.78 is 25.8. The smallest absolute Gasteiger partial charge is 0.338 e. The molecule has 11 heteroatoms. The van der Waals surface area contributed by atoms with E-state index in [1.807, 2.05) is 48.5 Å². The number of halogens is 2. The molecule has 0 N–H and O–H groups in total. The minimum absolute atomic E-state index is 0.180. The van der Waals surface area contributed by atoms with Crippen molar-refractivity contribution in [1.82, 2.24) is 4.57 Å². The van der Waals surface area contributed by atoms with Crippen LogP contribution in [0, 0.1) is 0 Å². The maximum atomic E-state index is 14.0. The van der Waals surface area contributed by atoms with Gasteiger partial charge in [-0.15, -0.1) is 0 Å². The predicted octanol–water partition coefficient (Wildman–Crippen LogP) is 5.92. The summed E-state index contributed by atoms with van der Waals surface area (Å²) in [5, 5.41) is 0. The third-order valence-corrected chi connectivity index (χ3v) is 9.09. The van der Waals surface area contributed by atoms with Gasteiger partial charge in [-0.2, -0.15) is 0 Å². The second-order valence-corrected chi connectivity index (χ2v) is 12.2. The Morgan fingerprint density at radius 2 is 1.72 bits per heavy atom. The van der Waals surface area contributed by atoms with Gasteiger partial charge in [0.05, 0.1) is 47.1 Å². The SMILES string of the molecule is CCOC(=O)C1=C(C)N=c2s/c(=C\c3ccc(OCc4ccccc4)c(Br)c3)c(=O)n2[C@H]1c1cc(OC)c(OC)cc1Br. The van der Waals surface area contributed by atoms with Crippen molar-refractivity contribution in [2.24, 2.45) is 4.99 Å². The molecule has 1 aliphatic heterocycles. The van der Waals surface area contributed by atoms with Crippen LogP contribution in [0.15, 0.2) is 90.7 Å². The zero-order chi connectivity index (χ0) is 30.7. The number of ether oxygens (including phenoxy) is 4. The molecule has 0 bridgehead atoms. The van der Waals surface area contributed by atoms with E-state index in [2.05, 4.69) is 36.9 Å². The zero-order valence-electron chi connectivity index (χ0n) is 23.9. The second-order valence-electron chi connectivity index (χ2n) is 9.50. The number of carbonyl (C=O) groups excluding carboxylic acids is 1. The lowest BCUT2D eigenvalue weighted by Crippen LogP contribution is -2.40. The fourth-order valence-corrected chi connectivity index (χ4v) is 6.87. The Kier molecular flexibility index (Phi) is 9.53. The van der Waals surface area contributed by atoms with Gasteiger partial charge in [-0.25, -0.2) is 9.79 Å². The Hall–Kier alpha value is -3.67. The number of hydrogen-bond acceptors (Lipinski definition) is 8. The maximum absolute atomic E-state index is 14.0. The number of esters is 1. The van der Waals surface area contributed by atoms with Crippen LogP contribution in [-0.2, 0) is 16.1 Å². The molecule has 5 rings (SSSR count). The molecular formula is C32H28Br2N2O6S. The van der Waals surface area contributed by atoms with E-state index in [0.29, 0.717) is 48.9 Å². The van der Waals surface area contributed by atoms with E-state index in [1.54, 1.807) is 39.2 Å². The van der Waals surface area contributed by atoms with E-state index in [9.17, 15) is 9.59 Å². The van der Waals surface area contributed by atoms with Crippen molar-refractivity contribution >= 4 is 55.2 Å². The standard InChI is InChI=1S/C32H28Br2N2O6S/c1-5-41-31(38)28-18(2)35-32-36(29(28)21-15-25(39-3)26(40-4)16-22(21)33)30(37)27(43-32)14-20-11-12-24(23(34)13-20)42-17-19-9-7-6-8-10-19/h6-16,29H,5,17H2,1-4H3/b27-14-/t29-/m0/s1. The van der Waals surface area contributed by atoms with Crippen molar-refractivity contribution < 1.29 is 23.7 Å². The molecule has 8 nitrogen and oxygen atoms in total. The van der Waals surface area contributed by atoms with Gasteiger partial charge in [0.1, 0.15) is 12.4 Å². The largest absolute Gasteiger partial charge is 0.493 e. The highest BCUT2D eigenvalue weighted by atomic mass is 79.9. The molecule has 222 valence electrons. The number of benzene rings is 3. The minimum atomic E-state index is -0.813. The van der Waals surface area contributed by atoms with Crippen molar-refractivity contribution in [2.45, 2.75) is 26.5 Å². The summed E-state index contributed by atoms with van der Waals surface area (Å²) in [7, 11) is 3.08. The number of thiazole rings is 1. The Morgan fingerprint density at radius 3 is 2.40 bits per heavy atom. The molecule has 2 heterocycles. The van der Waals surface area contributed by atoms with Gasteiger partial charge >= 0.3 is 5.97 Å². The average molecular weight is 728 g/mol. The number of carbonyl (C=O) groups is 1. The summed E-state index contributed by atoms with van der Waals surface area (Å²) in [4.78, 5) is 32.4. The van der Waals surface area contributed by atoms with Crippen molar-refractivity contribution in [2.75, 3.05) is 20.8 Å². The van der Waals surface area contributed by atoms with Crippen LogP contribution in [0.25, 0.3) is 6.08 Å². The first-order valence-electron chi connectivity index (χ1n) is 13.3. The highest BCUT2D eigenvalue weighted by Crippen LogP contribution is 2.40. The molecule has 1 aliphatic rings. The van der Waals surface area contributed by atoms with Crippen LogP contribution in [0.3, 0.4) is 0 Å². The normalized spacial score (nSPS) is 14.7. The van der Waals surface area contributed by atoms with Crippen LogP contribution in [0.1, 0.15) is 36.6 Å². The van der Waals surface area contributed by atoms with Gasteiger partial charge in [-0.3, -0.25) is 9.36 Å². The summed E-state index contributed by atoms with van der Waals surface area (Å²) >= 11 is 8.48. The molecule has 0 unspecified atom stereocenters. The molecule has 1 aromatic heterocycles. The number of rotatable bonds is 9. The summed E-state index contributed by atoms with van der Waals surface area (Å²) in [6.07, 6.45) is 1.81. The van der Waals surface area contributed by atoms with E-state index in [-0.39, 0.29) is 17.7 Å². The summed E-state index contributed by atoms with van der Waals surface area (Å²) in [5.74, 6) is 1.11. The van der Waals surface area contributed by atoms with Crippen molar-refractivity contribution in [1.29, 1.82) is 0 Å². The fraction of sp³-hybridized carbons (Fsp3) is 0.219. The summed E-state index contributed by atoms with van der Waals surface area (Å²) in [6, 6.07) is 18.3. The fourth-order valence-electron chi connectivity index (χ4n) is 4.78.